The summed E-state index contributed by atoms with van der Waals surface area (Å²) in [6.45, 7) is 6.19. The van der Waals surface area contributed by atoms with Crippen molar-refractivity contribution in [2.45, 2.75) is 33.0 Å². The zero-order valence-corrected chi connectivity index (χ0v) is 12.6. The zero-order valence-electron chi connectivity index (χ0n) is 12.6. The minimum absolute atomic E-state index is 0.109. The van der Waals surface area contributed by atoms with Crippen LogP contribution in [0.1, 0.15) is 31.2 Å². The van der Waals surface area contributed by atoms with Gasteiger partial charge in [-0.25, -0.2) is 4.98 Å². The number of benzene rings is 1. The Morgan fingerprint density at radius 2 is 2.10 bits per heavy atom. The van der Waals surface area contributed by atoms with E-state index in [0.717, 1.165) is 17.0 Å². The predicted molar refractivity (Wildman–Crippen MR) is 82.4 cm³/mol. The molecule has 1 aromatic carbocycles. The summed E-state index contributed by atoms with van der Waals surface area (Å²) in [7, 11) is 0. The number of anilines is 1. The summed E-state index contributed by atoms with van der Waals surface area (Å²) >= 11 is 0. The van der Waals surface area contributed by atoms with E-state index < -0.39 is 6.10 Å². The number of aromatic nitrogens is 2. The predicted octanol–water partition coefficient (Wildman–Crippen LogP) is 2.72. The van der Waals surface area contributed by atoms with Crippen LogP contribution >= 0.6 is 0 Å². The van der Waals surface area contributed by atoms with Crippen LogP contribution in [0.2, 0.25) is 0 Å². The van der Waals surface area contributed by atoms with E-state index in [4.69, 9.17) is 4.74 Å². The van der Waals surface area contributed by atoms with Gasteiger partial charge in [-0.2, -0.15) is 0 Å². The molecule has 1 atom stereocenters. The van der Waals surface area contributed by atoms with E-state index >= 15 is 0 Å². The molecular formula is C16H21N3O2. The van der Waals surface area contributed by atoms with Crippen molar-refractivity contribution in [2.24, 2.45) is 0 Å². The quantitative estimate of drug-likeness (QED) is 0.855. The first-order chi connectivity index (χ1) is 10.0. The van der Waals surface area contributed by atoms with Gasteiger partial charge in [0, 0.05) is 12.7 Å². The van der Waals surface area contributed by atoms with E-state index in [1.807, 2.05) is 45.0 Å². The van der Waals surface area contributed by atoms with Gasteiger partial charge in [0.2, 0.25) is 0 Å². The van der Waals surface area contributed by atoms with E-state index in [2.05, 4.69) is 15.3 Å². The van der Waals surface area contributed by atoms with Crippen molar-refractivity contribution in [1.82, 2.24) is 9.97 Å². The Labute approximate surface area is 125 Å². The summed E-state index contributed by atoms with van der Waals surface area (Å²) in [5, 5.41) is 13.3. The maximum absolute atomic E-state index is 10.2. The molecule has 0 aliphatic carbocycles. The van der Waals surface area contributed by atoms with Gasteiger partial charge in [0.15, 0.2) is 0 Å². The monoisotopic (exact) mass is 287 g/mol. The molecule has 0 spiro atoms. The highest BCUT2D eigenvalue weighted by Gasteiger charge is 2.09. The molecule has 0 fully saturated rings. The van der Waals surface area contributed by atoms with Crippen LogP contribution in [0.3, 0.4) is 0 Å². The third kappa shape index (κ3) is 4.72. The smallest absolute Gasteiger partial charge is 0.144 e. The lowest BCUT2D eigenvalue weighted by Crippen LogP contribution is -2.14. The molecule has 0 bridgehead atoms. The molecule has 2 N–H and O–H groups in total. The molecule has 1 heterocycles. The molecule has 112 valence electrons. The molecule has 0 aliphatic heterocycles. The average molecular weight is 287 g/mol. The van der Waals surface area contributed by atoms with E-state index in [0.29, 0.717) is 12.4 Å². The second kappa shape index (κ2) is 7.04. The molecule has 0 saturated carbocycles. The number of nitrogens with one attached hydrogen (secondary N) is 1. The molecule has 2 rings (SSSR count). The minimum atomic E-state index is -0.636. The molecule has 0 radical (unpaired) electrons. The van der Waals surface area contributed by atoms with E-state index in [1.54, 1.807) is 12.4 Å². The van der Waals surface area contributed by atoms with Crippen LogP contribution in [-0.4, -0.2) is 27.7 Å². The number of aryl methyl sites for hydroxylation is 1. The molecular weight excluding hydrogens is 266 g/mol. The van der Waals surface area contributed by atoms with Gasteiger partial charge in [-0.1, -0.05) is 12.1 Å². The molecule has 1 aromatic heterocycles. The third-order valence-electron chi connectivity index (χ3n) is 2.85. The van der Waals surface area contributed by atoms with Crippen molar-refractivity contribution in [3.8, 4) is 5.75 Å². The highest BCUT2D eigenvalue weighted by atomic mass is 16.5. The van der Waals surface area contributed by atoms with E-state index in [-0.39, 0.29) is 6.10 Å². The Hall–Kier alpha value is -2.14. The maximum atomic E-state index is 10.2. The number of aliphatic hydroxyl groups excluding tert-OH is 1. The Morgan fingerprint density at radius 1 is 1.29 bits per heavy atom. The molecule has 5 nitrogen and oxygen atoms in total. The normalized spacial score (nSPS) is 12.2. The van der Waals surface area contributed by atoms with Gasteiger partial charge >= 0.3 is 0 Å². The third-order valence-corrected chi connectivity index (χ3v) is 2.85. The van der Waals surface area contributed by atoms with Gasteiger partial charge in [0.25, 0.3) is 0 Å². The summed E-state index contributed by atoms with van der Waals surface area (Å²) in [4.78, 5) is 8.34. The molecule has 5 heteroatoms. The van der Waals surface area contributed by atoms with Gasteiger partial charge in [0.1, 0.15) is 11.6 Å². The highest BCUT2D eigenvalue weighted by Crippen LogP contribution is 2.20. The Morgan fingerprint density at radius 3 is 2.81 bits per heavy atom. The standard InChI is InChI=1S/C16H21N3O2/c1-11(2)21-14-6-4-5-13(7-14)15(20)9-18-16-10-17-8-12(3)19-16/h4-8,10-11,15,20H,9H2,1-3H3,(H,18,19). The van der Waals surface area contributed by atoms with Crippen LogP contribution in [-0.2, 0) is 0 Å². The van der Waals surface area contributed by atoms with Crippen molar-refractivity contribution in [3.63, 3.8) is 0 Å². The second-order valence-electron chi connectivity index (χ2n) is 5.18. The Bertz CT molecular complexity index is 587. The van der Waals surface area contributed by atoms with Gasteiger partial charge in [-0.05, 0) is 38.5 Å². The number of aliphatic hydroxyl groups is 1. The van der Waals surface area contributed by atoms with Crippen molar-refractivity contribution < 1.29 is 9.84 Å². The van der Waals surface area contributed by atoms with Crippen molar-refractivity contribution in [2.75, 3.05) is 11.9 Å². The minimum Gasteiger partial charge on any atom is -0.491 e. The number of ether oxygens (including phenoxy) is 1. The lowest BCUT2D eigenvalue weighted by atomic mass is 10.1. The summed E-state index contributed by atoms with van der Waals surface area (Å²) < 4.78 is 5.63. The Balaban J connectivity index is 1.98. The van der Waals surface area contributed by atoms with Crippen molar-refractivity contribution in [3.05, 3.63) is 47.9 Å². The van der Waals surface area contributed by atoms with Crippen LogP contribution < -0.4 is 10.1 Å². The molecule has 0 aliphatic rings. The van der Waals surface area contributed by atoms with Gasteiger partial charge in [-0.3, -0.25) is 4.98 Å². The summed E-state index contributed by atoms with van der Waals surface area (Å²) in [5.74, 6) is 1.42. The largest absolute Gasteiger partial charge is 0.491 e. The lowest BCUT2D eigenvalue weighted by molar-refractivity contribution is 0.189. The second-order valence-corrected chi connectivity index (χ2v) is 5.18. The van der Waals surface area contributed by atoms with Crippen molar-refractivity contribution in [1.29, 1.82) is 0 Å². The van der Waals surface area contributed by atoms with E-state index in [1.165, 1.54) is 0 Å². The Kier molecular flexibility index (Phi) is 5.11. The lowest BCUT2D eigenvalue weighted by Gasteiger charge is -2.15. The van der Waals surface area contributed by atoms with Gasteiger partial charge < -0.3 is 15.2 Å². The van der Waals surface area contributed by atoms with Crippen LogP contribution in [0.25, 0.3) is 0 Å². The first-order valence-corrected chi connectivity index (χ1v) is 7.02. The highest BCUT2D eigenvalue weighted by molar-refractivity contribution is 5.34. The average Bonchev–Trinajstić information content (AvgIpc) is 2.44. The number of nitrogens with zero attached hydrogens (tertiary/aromatic N) is 2. The van der Waals surface area contributed by atoms with Crippen LogP contribution in [0.5, 0.6) is 5.75 Å². The van der Waals surface area contributed by atoms with E-state index in [9.17, 15) is 5.11 Å². The zero-order chi connectivity index (χ0) is 15.2. The molecule has 21 heavy (non-hydrogen) atoms. The van der Waals surface area contributed by atoms with Crippen LogP contribution in [0.15, 0.2) is 36.7 Å². The first kappa shape index (κ1) is 15.3. The van der Waals surface area contributed by atoms with Crippen molar-refractivity contribution >= 4 is 5.82 Å². The summed E-state index contributed by atoms with van der Waals surface area (Å²) in [6.07, 6.45) is 2.80. The fourth-order valence-electron chi connectivity index (χ4n) is 1.94. The fraction of sp³-hybridized carbons (Fsp3) is 0.375. The van der Waals surface area contributed by atoms with Gasteiger partial charge in [0.05, 0.1) is 24.1 Å². The number of rotatable bonds is 6. The summed E-state index contributed by atoms with van der Waals surface area (Å²) in [5.41, 5.74) is 1.64. The summed E-state index contributed by atoms with van der Waals surface area (Å²) in [6, 6.07) is 7.49. The molecule has 0 amide bonds. The van der Waals surface area contributed by atoms with Crippen LogP contribution in [0, 0.1) is 6.92 Å². The first-order valence-electron chi connectivity index (χ1n) is 7.02. The van der Waals surface area contributed by atoms with Crippen LogP contribution in [0.4, 0.5) is 5.82 Å². The number of hydrogen-bond donors (Lipinski definition) is 2. The number of hydrogen-bond acceptors (Lipinski definition) is 5. The molecule has 2 aromatic rings. The molecule has 1 unspecified atom stereocenters. The SMILES string of the molecule is Cc1cncc(NCC(O)c2cccc(OC(C)C)c2)n1. The topological polar surface area (TPSA) is 67.3 Å². The van der Waals surface area contributed by atoms with Gasteiger partial charge in [-0.15, -0.1) is 0 Å². The fourth-order valence-corrected chi connectivity index (χ4v) is 1.94. The maximum Gasteiger partial charge on any atom is 0.144 e. The molecule has 0 saturated heterocycles.